The lowest BCUT2D eigenvalue weighted by molar-refractivity contribution is -0.158. The lowest BCUT2D eigenvalue weighted by Crippen LogP contribution is -2.46. The molecule has 1 fully saturated rings. The molecule has 0 aliphatic heterocycles. The summed E-state index contributed by atoms with van der Waals surface area (Å²) in [5, 5.41) is 0.223. The molecule has 0 aromatic carbocycles. The quantitative estimate of drug-likeness (QED) is 0.365. The third-order valence-corrected chi connectivity index (χ3v) is 10.0. The van der Waals surface area contributed by atoms with Gasteiger partial charge in [-0.15, -0.1) is 6.58 Å². The van der Waals surface area contributed by atoms with Crippen LogP contribution in [0.2, 0.25) is 18.1 Å². The Morgan fingerprint density at radius 3 is 2.17 bits per heavy atom. The normalized spacial score (nSPS) is 26.0. The van der Waals surface area contributed by atoms with Crippen LogP contribution in [0.1, 0.15) is 66.7 Å². The van der Waals surface area contributed by atoms with Crippen molar-refractivity contribution in [2.45, 2.75) is 91.0 Å². The second-order valence-corrected chi connectivity index (χ2v) is 13.5. The highest BCUT2D eigenvalue weighted by molar-refractivity contribution is 6.74. The van der Waals surface area contributed by atoms with Gasteiger partial charge in [0.15, 0.2) is 8.32 Å². The molecule has 0 amide bonds. The van der Waals surface area contributed by atoms with E-state index in [4.69, 9.17) is 9.16 Å². The Hall–Kier alpha value is -0.613. The van der Waals surface area contributed by atoms with E-state index < -0.39 is 8.32 Å². The summed E-state index contributed by atoms with van der Waals surface area (Å²) >= 11 is 0. The lowest BCUT2D eigenvalue weighted by Gasteiger charge is -2.44. The minimum absolute atomic E-state index is 0.0474. The third kappa shape index (κ3) is 5.18. The lowest BCUT2D eigenvalue weighted by atomic mass is 9.69. The zero-order valence-corrected chi connectivity index (χ0v) is 17.3. The average Bonchev–Trinajstić information content (AvgIpc) is 2.39. The molecular weight excluding hydrogens is 304 g/mol. The van der Waals surface area contributed by atoms with Crippen LogP contribution in [0.3, 0.4) is 0 Å². The molecule has 0 atom stereocenters. The molecule has 1 aliphatic rings. The Morgan fingerprint density at radius 1 is 1.26 bits per heavy atom. The minimum Gasteiger partial charge on any atom is -0.466 e. The summed E-state index contributed by atoms with van der Waals surface area (Å²) < 4.78 is 11.9. The molecule has 4 heteroatoms. The minimum atomic E-state index is -1.75. The van der Waals surface area contributed by atoms with Crippen molar-refractivity contribution in [3.63, 3.8) is 0 Å². The Bertz CT molecular complexity index is 426. The van der Waals surface area contributed by atoms with Crippen molar-refractivity contribution in [2.24, 2.45) is 5.41 Å². The summed E-state index contributed by atoms with van der Waals surface area (Å²) in [4.78, 5) is 12.5. The van der Waals surface area contributed by atoms with Crippen molar-refractivity contribution in [3.8, 4) is 0 Å². The highest BCUT2D eigenvalue weighted by Gasteiger charge is 2.45. The number of allylic oxidation sites excluding steroid dienone is 1. The average molecular weight is 341 g/mol. The van der Waals surface area contributed by atoms with E-state index in [1.807, 2.05) is 13.8 Å². The molecule has 0 radical (unpaired) electrons. The van der Waals surface area contributed by atoms with E-state index in [1.165, 1.54) is 0 Å². The maximum Gasteiger partial charge on any atom is 0.312 e. The second-order valence-electron chi connectivity index (χ2n) is 8.71. The van der Waals surface area contributed by atoms with Gasteiger partial charge in [0.2, 0.25) is 0 Å². The van der Waals surface area contributed by atoms with Crippen molar-refractivity contribution >= 4 is 14.3 Å². The van der Waals surface area contributed by atoms with E-state index in [0.717, 1.165) is 37.7 Å². The first-order chi connectivity index (χ1) is 10.4. The molecule has 0 unspecified atom stereocenters. The Balaban J connectivity index is 2.76. The smallest absolute Gasteiger partial charge is 0.312 e. The van der Waals surface area contributed by atoms with E-state index in [1.54, 1.807) is 0 Å². The maximum absolute atomic E-state index is 12.5. The second kappa shape index (κ2) is 7.52. The van der Waals surface area contributed by atoms with Gasteiger partial charge in [0.25, 0.3) is 0 Å². The van der Waals surface area contributed by atoms with Crippen LogP contribution in [-0.4, -0.2) is 27.0 Å². The highest BCUT2D eigenvalue weighted by Crippen LogP contribution is 2.45. The molecule has 134 valence electrons. The third-order valence-electron chi connectivity index (χ3n) is 5.51. The molecule has 1 saturated carbocycles. The molecule has 0 bridgehead atoms. The van der Waals surface area contributed by atoms with E-state index in [9.17, 15) is 4.79 Å². The number of ether oxygens (including phenoxy) is 1. The molecule has 1 aliphatic carbocycles. The van der Waals surface area contributed by atoms with Crippen molar-refractivity contribution < 1.29 is 14.0 Å². The number of esters is 1. The van der Waals surface area contributed by atoms with Gasteiger partial charge in [0.05, 0.1) is 12.0 Å². The standard InChI is InChI=1S/C19H36O3Si/c1-9-21-17(20)19(14-15(2)3)12-10-16(11-13-19)22-23(7,8)18(4,5)6/h16H,2,9-14H2,1,3-8H3. The van der Waals surface area contributed by atoms with Gasteiger partial charge in [-0.05, 0) is 64.1 Å². The van der Waals surface area contributed by atoms with Gasteiger partial charge in [-0.3, -0.25) is 4.79 Å². The summed E-state index contributed by atoms with van der Waals surface area (Å²) in [6.07, 6.45) is 4.59. The maximum atomic E-state index is 12.5. The zero-order valence-electron chi connectivity index (χ0n) is 16.3. The predicted molar refractivity (Wildman–Crippen MR) is 99.0 cm³/mol. The van der Waals surface area contributed by atoms with Crippen molar-refractivity contribution in [1.82, 2.24) is 0 Å². The van der Waals surface area contributed by atoms with Crippen LogP contribution in [0.25, 0.3) is 0 Å². The van der Waals surface area contributed by atoms with Crippen molar-refractivity contribution in [2.75, 3.05) is 6.61 Å². The number of rotatable bonds is 6. The van der Waals surface area contributed by atoms with Crippen LogP contribution in [0.4, 0.5) is 0 Å². The van der Waals surface area contributed by atoms with Crippen LogP contribution < -0.4 is 0 Å². The Kier molecular flexibility index (Phi) is 6.68. The first kappa shape index (κ1) is 20.4. The summed E-state index contributed by atoms with van der Waals surface area (Å²) in [6, 6.07) is 0. The molecule has 0 spiro atoms. The molecular formula is C19H36O3Si. The van der Waals surface area contributed by atoms with Gasteiger partial charge in [-0.2, -0.15) is 0 Å². The first-order valence-corrected chi connectivity index (χ1v) is 11.8. The fourth-order valence-electron chi connectivity index (χ4n) is 3.17. The molecule has 0 N–H and O–H groups in total. The molecule has 0 aromatic rings. The van der Waals surface area contributed by atoms with E-state index in [0.29, 0.717) is 6.61 Å². The predicted octanol–water partition coefficient (Wildman–Crippen LogP) is 5.47. The van der Waals surface area contributed by atoms with Gasteiger partial charge in [-0.25, -0.2) is 0 Å². The zero-order chi connectivity index (χ0) is 17.9. The van der Waals surface area contributed by atoms with E-state index in [-0.39, 0.29) is 22.5 Å². The fraction of sp³-hybridized carbons (Fsp3) is 0.842. The largest absolute Gasteiger partial charge is 0.466 e. The number of carbonyl (C=O) groups is 1. The summed E-state index contributed by atoms with van der Waals surface area (Å²) in [5.41, 5.74) is 0.677. The van der Waals surface area contributed by atoms with E-state index in [2.05, 4.69) is 40.4 Å². The van der Waals surface area contributed by atoms with Crippen LogP contribution in [0, 0.1) is 5.41 Å². The Labute approximate surface area is 144 Å². The molecule has 1 rings (SSSR count). The number of hydrogen-bond acceptors (Lipinski definition) is 3. The van der Waals surface area contributed by atoms with Crippen molar-refractivity contribution in [3.05, 3.63) is 12.2 Å². The van der Waals surface area contributed by atoms with Gasteiger partial charge >= 0.3 is 5.97 Å². The highest BCUT2D eigenvalue weighted by atomic mass is 28.4. The van der Waals surface area contributed by atoms with Gasteiger partial charge in [0, 0.05) is 6.10 Å². The molecule has 0 heterocycles. The summed E-state index contributed by atoms with van der Waals surface area (Å²) in [7, 11) is -1.75. The van der Waals surface area contributed by atoms with E-state index >= 15 is 0 Å². The molecule has 0 saturated heterocycles. The van der Waals surface area contributed by atoms with Crippen LogP contribution in [0.5, 0.6) is 0 Å². The SMILES string of the molecule is C=C(C)CC1(C(=O)OCC)CCC(O[Si](C)(C)C(C)(C)C)CC1. The monoisotopic (exact) mass is 340 g/mol. The summed E-state index contributed by atoms with van der Waals surface area (Å²) in [6.45, 7) is 19.7. The summed E-state index contributed by atoms with van der Waals surface area (Å²) in [5.74, 6) is -0.0474. The fourth-order valence-corrected chi connectivity index (χ4v) is 4.59. The van der Waals surface area contributed by atoms with Crippen LogP contribution >= 0.6 is 0 Å². The van der Waals surface area contributed by atoms with Gasteiger partial charge in [0.1, 0.15) is 0 Å². The van der Waals surface area contributed by atoms with Gasteiger partial charge < -0.3 is 9.16 Å². The molecule has 23 heavy (non-hydrogen) atoms. The Morgan fingerprint density at radius 2 is 1.78 bits per heavy atom. The number of carbonyl (C=O) groups excluding carboxylic acids is 1. The molecule has 3 nitrogen and oxygen atoms in total. The van der Waals surface area contributed by atoms with Crippen LogP contribution in [0.15, 0.2) is 12.2 Å². The number of hydrogen-bond donors (Lipinski definition) is 0. The van der Waals surface area contributed by atoms with Crippen LogP contribution in [-0.2, 0) is 14.0 Å². The first-order valence-electron chi connectivity index (χ1n) is 8.93. The molecule has 0 aromatic heterocycles. The van der Waals surface area contributed by atoms with Gasteiger partial charge in [-0.1, -0.05) is 26.3 Å². The van der Waals surface area contributed by atoms with Crippen molar-refractivity contribution in [1.29, 1.82) is 0 Å². The topological polar surface area (TPSA) is 35.5 Å².